The van der Waals surface area contributed by atoms with E-state index in [9.17, 15) is 23.5 Å². The molecule has 4 atom stereocenters. The summed E-state index contributed by atoms with van der Waals surface area (Å²) < 4.78 is 27.2. The predicted molar refractivity (Wildman–Crippen MR) is 97.3 cm³/mol. The molecule has 1 aliphatic heterocycles. The van der Waals surface area contributed by atoms with Gasteiger partial charge in [0.2, 0.25) is 5.91 Å². The lowest BCUT2D eigenvalue weighted by Crippen LogP contribution is -2.50. The molecule has 1 saturated heterocycles. The molecular formula is C19H20F2N4O3. The summed E-state index contributed by atoms with van der Waals surface area (Å²) in [6.45, 7) is 0.644. The molecule has 1 aliphatic rings. The number of H-pyrrole nitrogens is 1. The van der Waals surface area contributed by atoms with Gasteiger partial charge < -0.3 is 20.7 Å². The van der Waals surface area contributed by atoms with E-state index in [1.807, 2.05) is 0 Å². The van der Waals surface area contributed by atoms with Crippen LogP contribution in [0.3, 0.4) is 0 Å². The summed E-state index contributed by atoms with van der Waals surface area (Å²) in [5.41, 5.74) is 6.03. The number of pyridine rings is 1. The predicted octanol–water partition coefficient (Wildman–Crippen LogP) is 1.28. The van der Waals surface area contributed by atoms with Crippen molar-refractivity contribution in [1.82, 2.24) is 9.88 Å². The van der Waals surface area contributed by atoms with Crippen LogP contribution in [0, 0.1) is 17.2 Å². The third kappa shape index (κ3) is 3.48. The van der Waals surface area contributed by atoms with Crippen molar-refractivity contribution in [1.29, 1.82) is 5.26 Å². The van der Waals surface area contributed by atoms with Crippen LogP contribution in [0.2, 0.25) is 0 Å². The second kappa shape index (κ2) is 7.30. The highest BCUT2D eigenvalue weighted by molar-refractivity contribution is 5.86. The van der Waals surface area contributed by atoms with E-state index in [0.717, 1.165) is 4.90 Å². The van der Waals surface area contributed by atoms with Crippen molar-refractivity contribution in [3.8, 4) is 6.07 Å². The zero-order valence-corrected chi connectivity index (χ0v) is 15.1. The first kappa shape index (κ1) is 19.9. The lowest BCUT2D eigenvalue weighted by Gasteiger charge is -2.29. The molecule has 28 heavy (non-hydrogen) atoms. The maximum Gasteiger partial charge on any atom is 0.268 e. The number of carbonyl (C=O) groups is 1. The number of nitriles is 1. The van der Waals surface area contributed by atoms with Gasteiger partial charge in [-0.3, -0.25) is 9.59 Å². The number of nitrogens with one attached hydrogen (secondary N) is 1. The number of aliphatic hydroxyl groups excluding tert-OH is 1. The molecule has 1 fully saturated rings. The van der Waals surface area contributed by atoms with Crippen molar-refractivity contribution in [2.75, 3.05) is 6.54 Å². The highest BCUT2D eigenvalue weighted by Crippen LogP contribution is 2.34. The van der Waals surface area contributed by atoms with Gasteiger partial charge in [0.15, 0.2) is 0 Å². The van der Waals surface area contributed by atoms with Gasteiger partial charge in [0.25, 0.3) is 11.5 Å². The number of carbonyl (C=O) groups excluding carboxylic acids is 1. The van der Waals surface area contributed by atoms with Gasteiger partial charge in [-0.25, -0.2) is 8.78 Å². The van der Waals surface area contributed by atoms with Gasteiger partial charge >= 0.3 is 0 Å². The van der Waals surface area contributed by atoms with E-state index in [1.165, 1.54) is 13.1 Å². The topological polar surface area (TPSA) is 123 Å². The molecule has 3 rings (SSSR count). The van der Waals surface area contributed by atoms with Gasteiger partial charge in [0, 0.05) is 29.5 Å². The quantitative estimate of drug-likeness (QED) is 0.726. The Morgan fingerprint density at radius 1 is 1.43 bits per heavy atom. The molecule has 0 saturated carbocycles. The van der Waals surface area contributed by atoms with Crippen LogP contribution in [0.15, 0.2) is 35.3 Å². The van der Waals surface area contributed by atoms with E-state index >= 15 is 0 Å². The Bertz CT molecular complexity index is 1000. The molecule has 1 aromatic heterocycles. The number of fused-ring (bicyclic) bond motifs is 1. The zero-order chi connectivity index (χ0) is 20.6. The van der Waals surface area contributed by atoms with E-state index in [-0.39, 0.29) is 5.56 Å². The summed E-state index contributed by atoms with van der Waals surface area (Å²) in [5, 5.41) is 20.7. The molecule has 1 aromatic carbocycles. The number of nitrogens with zero attached hydrogens (tertiary/aromatic N) is 2. The number of likely N-dealkylation sites (tertiary alicyclic amines) is 1. The van der Waals surface area contributed by atoms with E-state index in [4.69, 9.17) is 11.0 Å². The Morgan fingerprint density at radius 2 is 2.07 bits per heavy atom. The van der Waals surface area contributed by atoms with Crippen LogP contribution in [0.1, 0.15) is 25.0 Å². The fourth-order valence-corrected chi connectivity index (χ4v) is 3.54. The van der Waals surface area contributed by atoms with Crippen LogP contribution in [0.25, 0.3) is 10.8 Å². The first-order valence-corrected chi connectivity index (χ1v) is 8.78. The molecular weight excluding hydrogens is 370 g/mol. The number of aromatic amines is 1. The number of hydrogen-bond acceptors (Lipinski definition) is 5. The van der Waals surface area contributed by atoms with Crippen LogP contribution in [-0.4, -0.2) is 45.4 Å². The van der Waals surface area contributed by atoms with Gasteiger partial charge in [-0.2, -0.15) is 5.26 Å². The Hall–Kier alpha value is -2.83. The van der Waals surface area contributed by atoms with Gasteiger partial charge in [0.05, 0.1) is 24.8 Å². The fraction of sp³-hybridized carbons (Fsp3) is 0.421. The molecule has 1 amide bonds. The van der Waals surface area contributed by atoms with Crippen molar-refractivity contribution >= 4 is 16.7 Å². The highest BCUT2D eigenvalue weighted by Gasteiger charge is 2.48. The van der Waals surface area contributed by atoms with Crippen molar-refractivity contribution in [2.45, 2.75) is 37.5 Å². The molecule has 148 valence electrons. The maximum absolute atomic E-state index is 13.6. The molecule has 0 bridgehead atoms. The number of alkyl halides is 2. The molecule has 0 spiro atoms. The van der Waals surface area contributed by atoms with Crippen molar-refractivity contribution < 1.29 is 18.7 Å². The Labute approximate surface area is 159 Å². The molecule has 2 heterocycles. The maximum atomic E-state index is 13.6. The number of rotatable bonds is 4. The standard InChI is InChI=1S/C19H20F2N4O3/c1-10(15(23)18(28)25-9-19(20,21)6-11(25)7-22)16(26)14-8-24-17(27)13-5-3-2-4-12(13)14/h2-5,8,10-11,15-16,26H,6,9,23H2,1H3,(H,24,27)/t10?,11-,15?,16?/m0/s1. The number of hydrogen-bond donors (Lipinski definition) is 3. The first-order valence-electron chi connectivity index (χ1n) is 8.78. The van der Waals surface area contributed by atoms with Gasteiger partial charge in [-0.15, -0.1) is 0 Å². The van der Waals surface area contributed by atoms with E-state index in [0.29, 0.717) is 16.3 Å². The minimum atomic E-state index is -3.15. The van der Waals surface area contributed by atoms with Crippen LogP contribution < -0.4 is 11.3 Å². The number of nitrogens with two attached hydrogens (primary N) is 1. The van der Waals surface area contributed by atoms with E-state index in [1.54, 1.807) is 30.3 Å². The lowest BCUT2D eigenvalue weighted by atomic mass is 9.89. The van der Waals surface area contributed by atoms with Crippen LogP contribution >= 0.6 is 0 Å². The van der Waals surface area contributed by atoms with E-state index in [2.05, 4.69) is 4.98 Å². The van der Waals surface area contributed by atoms with Gasteiger partial charge in [-0.1, -0.05) is 25.1 Å². The molecule has 9 heteroatoms. The van der Waals surface area contributed by atoms with Crippen LogP contribution in [-0.2, 0) is 4.79 Å². The second-order valence-corrected chi connectivity index (χ2v) is 7.12. The molecule has 7 nitrogen and oxygen atoms in total. The SMILES string of the molecule is CC(C(N)C(=O)N1CC(F)(F)C[C@H]1C#N)C(O)c1c[nH]c(=O)c2ccccc12. The number of benzene rings is 1. The summed E-state index contributed by atoms with van der Waals surface area (Å²) in [6, 6.07) is 5.80. The Balaban J connectivity index is 1.87. The fourth-order valence-electron chi connectivity index (χ4n) is 3.54. The lowest BCUT2D eigenvalue weighted by molar-refractivity contribution is -0.136. The molecule has 0 radical (unpaired) electrons. The van der Waals surface area contributed by atoms with Crippen LogP contribution in [0.4, 0.5) is 8.78 Å². The largest absolute Gasteiger partial charge is 0.388 e. The van der Waals surface area contributed by atoms with E-state index < -0.39 is 48.9 Å². The summed E-state index contributed by atoms with van der Waals surface area (Å²) in [6.07, 6.45) is -0.612. The molecule has 0 aliphatic carbocycles. The smallest absolute Gasteiger partial charge is 0.268 e. The normalized spacial score (nSPS) is 21.9. The molecule has 3 unspecified atom stereocenters. The van der Waals surface area contributed by atoms with Gasteiger partial charge in [-0.05, 0) is 11.5 Å². The number of halogens is 2. The monoisotopic (exact) mass is 390 g/mol. The summed E-state index contributed by atoms with van der Waals surface area (Å²) in [7, 11) is 0. The number of aliphatic hydroxyl groups is 1. The zero-order valence-electron chi connectivity index (χ0n) is 15.1. The highest BCUT2D eigenvalue weighted by atomic mass is 19.3. The minimum absolute atomic E-state index is 0.323. The Morgan fingerprint density at radius 3 is 2.71 bits per heavy atom. The second-order valence-electron chi connectivity index (χ2n) is 7.12. The van der Waals surface area contributed by atoms with Crippen LogP contribution in [0.5, 0.6) is 0 Å². The average Bonchev–Trinajstić information content (AvgIpc) is 3.01. The average molecular weight is 390 g/mol. The third-order valence-electron chi connectivity index (χ3n) is 5.21. The third-order valence-corrected chi connectivity index (χ3v) is 5.21. The summed E-state index contributed by atoms with van der Waals surface area (Å²) in [4.78, 5) is 27.9. The minimum Gasteiger partial charge on any atom is -0.388 e. The number of amides is 1. The molecule has 2 aromatic rings. The Kier molecular flexibility index (Phi) is 5.19. The summed E-state index contributed by atoms with van der Waals surface area (Å²) >= 11 is 0. The van der Waals surface area contributed by atoms with Crippen molar-refractivity contribution in [3.63, 3.8) is 0 Å². The van der Waals surface area contributed by atoms with Gasteiger partial charge in [0.1, 0.15) is 6.04 Å². The number of aromatic nitrogens is 1. The molecule has 4 N–H and O–H groups in total. The van der Waals surface area contributed by atoms with Crippen molar-refractivity contribution in [2.24, 2.45) is 11.7 Å². The first-order chi connectivity index (χ1) is 13.2. The van der Waals surface area contributed by atoms with Crippen molar-refractivity contribution in [3.05, 3.63) is 46.4 Å². The summed E-state index contributed by atoms with van der Waals surface area (Å²) in [5.74, 6) is -4.81.